The maximum Gasteiger partial charge on any atom is 0.116 e. The fraction of sp³-hybridized carbons (Fsp3) is 0.214. The predicted octanol–water partition coefficient (Wildman–Crippen LogP) is 3.34. The van der Waals surface area contributed by atoms with E-state index < -0.39 is 0 Å². The first-order valence-corrected chi connectivity index (χ1v) is 6.23. The Hall–Kier alpha value is -1.29. The van der Waals surface area contributed by atoms with Crippen LogP contribution >= 0.6 is 24.0 Å². The Balaban J connectivity index is 0.00000133. The van der Waals surface area contributed by atoms with Gasteiger partial charge in [0, 0.05) is 23.7 Å². The van der Waals surface area contributed by atoms with Gasteiger partial charge in [0.1, 0.15) is 5.75 Å². The van der Waals surface area contributed by atoms with Gasteiger partial charge in [0.25, 0.3) is 0 Å². The first-order valence-electron chi connectivity index (χ1n) is 5.85. The highest BCUT2D eigenvalue weighted by molar-refractivity contribution is 6.33. The molecule has 3 N–H and O–H groups in total. The van der Waals surface area contributed by atoms with Gasteiger partial charge in [0.05, 0.1) is 10.7 Å². The first-order chi connectivity index (χ1) is 8.65. The lowest BCUT2D eigenvalue weighted by Crippen LogP contribution is -2.01. The highest BCUT2D eigenvalue weighted by atomic mass is 35.5. The SMILES string of the molecule is Cl.NC1CC1c1ccc(-c2cc(O)ccc2Cl)nc1. The van der Waals surface area contributed by atoms with Crippen LogP contribution in [0.1, 0.15) is 17.9 Å². The van der Waals surface area contributed by atoms with Gasteiger partial charge in [-0.05, 0) is 36.2 Å². The molecule has 1 heterocycles. The van der Waals surface area contributed by atoms with E-state index in [1.807, 2.05) is 18.3 Å². The maximum absolute atomic E-state index is 9.48. The summed E-state index contributed by atoms with van der Waals surface area (Å²) < 4.78 is 0. The molecule has 0 saturated heterocycles. The second kappa shape index (κ2) is 5.37. The molecule has 0 radical (unpaired) electrons. The van der Waals surface area contributed by atoms with Crippen LogP contribution in [-0.2, 0) is 0 Å². The molecule has 0 bridgehead atoms. The third kappa shape index (κ3) is 2.84. The van der Waals surface area contributed by atoms with Crippen molar-refractivity contribution in [2.45, 2.75) is 18.4 Å². The number of rotatable bonds is 2. The van der Waals surface area contributed by atoms with E-state index in [-0.39, 0.29) is 24.2 Å². The number of hydrogen-bond donors (Lipinski definition) is 2. The van der Waals surface area contributed by atoms with E-state index in [2.05, 4.69) is 4.98 Å². The van der Waals surface area contributed by atoms with Crippen molar-refractivity contribution in [3.63, 3.8) is 0 Å². The zero-order valence-corrected chi connectivity index (χ0v) is 11.7. The van der Waals surface area contributed by atoms with Crippen LogP contribution in [-0.4, -0.2) is 16.1 Å². The third-order valence-corrected chi connectivity index (χ3v) is 3.61. The molecule has 0 amide bonds. The molecule has 1 aliphatic carbocycles. The quantitative estimate of drug-likeness (QED) is 0.893. The lowest BCUT2D eigenvalue weighted by Gasteiger charge is -2.05. The van der Waals surface area contributed by atoms with E-state index in [0.29, 0.717) is 10.9 Å². The lowest BCUT2D eigenvalue weighted by molar-refractivity contribution is 0.475. The monoisotopic (exact) mass is 296 g/mol. The van der Waals surface area contributed by atoms with Crippen LogP contribution in [0.5, 0.6) is 5.75 Å². The molecule has 2 atom stereocenters. The smallest absolute Gasteiger partial charge is 0.116 e. The average Bonchev–Trinajstić information content (AvgIpc) is 3.10. The van der Waals surface area contributed by atoms with Crippen molar-refractivity contribution >= 4 is 24.0 Å². The van der Waals surface area contributed by atoms with Gasteiger partial charge in [-0.1, -0.05) is 17.7 Å². The zero-order chi connectivity index (χ0) is 12.7. The summed E-state index contributed by atoms with van der Waals surface area (Å²) in [6.45, 7) is 0. The van der Waals surface area contributed by atoms with Crippen LogP contribution in [0.15, 0.2) is 36.5 Å². The molecule has 0 spiro atoms. The lowest BCUT2D eigenvalue weighted by atomic mass is 10.1. The fourth-order valence-electron chi connectivity index (χ4n) is 2.09. The van der Waals surface area contributed by atoms with Crippen LogP contribution < -0.4 is 5.73 Å². The molecule has 0 aliphatic heterocycles. The second-order valence-corrected chi connectivity index (χ2v) is 5.05. The molecule has 5 heteroatoms. The minimum absolute atomic E-state index is 0. The predicted molar refractivity (Wildman–Crippen MR) is 78.9 cm³/mol. The van der Waals surface area contributed by atoms with Gasteiger partial charge in [-0.25, -0.2) is 0 Å². The van der Waals surface area contributed by atoms with Crippen LogP contribution in [0.4, 0.5) is 0 Å². The van der Waals surface area contributed by atoms with Crippen LogP contribution in [0.25, 0.3) is 11.3 Å². The number of aromatic nitrogens is 1. The summed E-state index contributed by atoms with van der Waals surface area (Å²) in [4.78, 5) is 4.40. The van der Waals surface area contributed by atoms with E-state index in [4.69, 9.17) is 17.3 Å². The Morgan fingerprint density at radius 3 is 2.58 bits per heavy atom. The number of nitrogens with zero attached hydrogens (tertiary/aromatic N) is 1. The summed E-state index contributed by atoms with van der Waals surface area (Å²) in [5.74, 6) is 0.635. The topological polar surface area (TPSA) is 59.1 Å². The van der Waals surface area contributed by atoms with Crippen molar-refractivity contribution in [3.8, 4) is 17.0 Å². The summed E-state index contributed by atoms with van der Waals surface area (Å²) in [5, 5.41) is 10.1. The van der Waals surface area contributed by atoms with Gasteiger partial charge >= 0.3 is 0 Å². The summed E-state index contributed by atoms with van der Waals surface area (Å²) >= 11 is 6.10. The number of aromatic hydroxyl groups is 1. The molecule has 2 aromatic rings. The summed E-state index contributed by atoms with van der Waals surface area (Å²) in [5.41, 5.74) is 8.48. The molecule has 100 valence electrons. The first kappa shape index (κ1) is 14.1. The summed E-state index contributed by atoms with van der Waals surface area (Å²) in [6.07, 6.45) is 2.88. The average molecular weight is 297 g/mol. The maximum atomic E-state index is 9.48. The fourth-order valence-corrected chi connectivity index (χ4v) is 2.31. The Morgan fingerprint density at radius 1 is 1.26 bits per heavy atom. The number of halogens is 2. The van der Waals surface area contributed by atoms with Crippen molar-refractivity contribution in [3.05, 3.63) is 47.1 Å². The number of pyridine rings is 1. The van der Waals surface area contributed by atoms with Gasteiger partial charge in [-0.2, -0.15) is 0 Å². The van der Waals surface area contributed by atoms with Gasteiger partial charge in [-0.3, -0.25) is 4.98 Å². The molecule has 2 unspecified atom stereocenters. The molecule has 1 fully saturated rings. The molecule has 3 nitrogen and oxygen atoms in total. The number of benzene rings is 1. The molecule has 1 aromatic heterocycles. The van der Waals surface area contributed by atoms with Crippen molar-refractivity contribution < 1.29 is 5.11 Å². The second-order valence-electron chi connectivity index (χ2n) is 4.65. The number of hydrogen-bond acceptors (Lipinski definition) is 3. The van der Waals surface area contributed by atoms with E-state index in [9.17, 15) is 5.11 Å². The molecule has 1 aliphatic rings. The largest absolute Gasteiger partial charge is 0.508 e. The van der Waals surface area contributed by atoms with Gasteiger partial charge in [0.2, 0.25) is 0 Å². The van der Waals surface area contributed by atoms with Gasteiger partial charge in [0.15, 0.2) is 0 Å². The van der Waals surface area contributed by atoms with Crippen LogP contribution in [0, 0.1) is 0 Å². The minimum Gasteiger partial charge on any atom is -0.508 e. The Morgan fingerprint density at radius 2 is 2.00 bits per heavy atom. The van der Waals surface area contributed by atoms with Crippen LogP contribution in [0.2, 0.25) is 5.02 Å². The summed E-state index contributed by atoms with van der Waals surface area (Å²) in [7, 11) is 0. The summed E-state index contributed by atoms with van der Waals surface area (Å²) in [6, 6.07) is 9.07. The van der Waals surface area contributed by atoms with E-state index in [1.54, 1.807) is 18.2 Å². The standard InChI is InChI=1S/C14H13ClN2O.ClH/c15-12-3-2-9(18)5-11(12)14-4-1-8(7-17-14)10-6-13(10)16;/h1-5,7,10,13,18H,6,16H2;1H. The molecular weight excluding hydrogens is 283 g/mol. The Kier molecular flexibility index (Phi) is 3.99. The van der Waals surface area contributed by atoms with E-state index in [0.717, 1.165) is 17.7 Å². The number of phenolic OH excluding ortho intramolecular Hbond substituents is 1. The Labute approximate surface area is 122 Å². The highest BCUT2D eigenvalue weighted by Gasteiger charge is 2.34. The van der Waals surface area contributed by atoms with Crippen molar-refractivity contribution in [1.29, 1.82) is 0 Å². The van der Waals surface area contributed by atoms with Crippen molar-refractivity contribution in [2.24, 2.45) is 5.73 Å². The molecule has 1 saturated carbocycles. The van der Waals surface area contributed by atoms with Gasteiger partial charge < -0.3 is 10.8 Å². The molecule has 1 aromatic carbocycles. The van der Waals surface area contributed by atoms with E-state index >= 15 is 0 Å². The van der Waals surface area contributed by atoms with Crippen LogP contribution in [0.3, 0.4) is 0 Å². The zero-order valence-electron chi connectivity index (χ0n) is 10.1. The van der Waals surface area contributed by atoms with E-state index in [1.165, 1.54) is 5.56 Å². The van der Waals surface area contributed by atoms with Crippen molar-refractivity contribution in [2.75, 3.05) is 0 Å². The van der Waals surface area contributed by atoms with Crippen molar-refractivity contribution in [1.82, 2.24) is 4.98 Å². The number of nitrogens with two attached hydrogens (primary N) is 1. The third-order valence-electron chi connectivity index (χ3n) is 3.28. The molecule has 3 rings (SSSR count). The highest BCUT2D eigenvalue weighted by Crippen LogP contribution is 2.39. The Bertz CT molecular complexity index is 586. The molecular formula is C14H14Cl2N2O. The van der Waals surface area contributed by atoms with Gasteiger partial charge in [-0.15, -0.1) is 12.4 Å². The minimum atomic E-state index is 0. The molecule has 19 heavy (non-hydrogen) atoms. The number of phenols is 1. The normalized spacial score (nSPS) is 20.7.